The number of aryl methyl sites for hydroxylation is 2. The first-order valence-corrected chi connectivity index (χ1v) is 6.29. The van der Waals surface area contributed by atoms with Crippen LogP contribution in [-0.2, 0) is 4.84 Å². The van der Waals surface area contributed by atoms with Crippen molar-refractivity contribution < 1.29 is 9.57 Å². The average Bonchev–Trinajstić information content (AvgIpc) is 2.43. The summed E-state index contributed by atoms with van der Waals surface area (Å²) in [6.45, 7) is 3.98. The predicted molar refractivity (Wildman–Crippen MR) is 80.0 cm³/mol. The van der Waals surface area contributed by atoms with E-state index < -0.39 is 0 Å². The second-order valence-electron chi connectivity index (χ2n) is 4.59. The van der Waals surface area contributed by atoms with Crippen LogP contribution in [0.2, 0.25) is 0 Å². The Hall–Kier alpha value is -2.24. The topological polar surface area (TPSA) is 73.7 Å². The zero-order valence-electron chi connectivity index (χ0n) is 11.7. The molecule has 0 amide bonds. The molecule has 0 bridgehead atoms. The first-order valence-electron chi connectivity index (χ1n) is 6.29. The molecule has 0 saturated heterocycles. The molecule has 0 heterocycles. The molecule has 106 valence electrons. The third-order valence-corrected chi connectivity index (χ3v) is 2.86. The van der Waals surface area contributed by atoms with E-state index in [2.05, 4.69) is 0 Å². The average molecular weight is 273 g/mol. The minimum absolute atomic E-state index is 0.00689. The van der Waals surface area contributed by atoms with E-state index in [-0.39, 0.29) is 6.79 Å². The van der Waals surface area contributed by atoms with Crippen LogP contribution in [0.1, 0.15) is 11.1 Å². The summed E-state index contributed by atoms with van der Waals surface area (Å²) in [5, 5.41) is 1.12. The van der Waals surface area contributed by atoms with Crippen LogP contribution in [0.4, 0.5) is 11.4 Å². The number of nitrogens with two attached hydrogens (primary N) is 2. The molecular weight excluding hydrogens is 254 g/mol. The zero-order valence-corrected chi connectivity index (χ0v) is 11.7. The summed E-state index contributed by atoms with van der Waals surface area (Å²) in [6.07, 6.45) is 0. The molecule has 2 aromatic rings. The molecule has 5 nitrogen and oxygen atoms in total. The van der Waals surface area contributed by atoms with Crippen LogP contribution < -0.4 is 21.5 Å². The van der Waals surface area contributed by atoms with Gasteiger partial charge in [-0.15, -0.1) is 0 Å². The summed E-state index contributed by atoms with van der Waals surface area (Å²) in [5.41, 5.74) is 9.23. The number of hydrogen-bond donors (Lipinski definition) is 2. The molecule has 0 aliphatic heterocycles. The Morgan fingerprint density at radius 2 is 1.65 bits per heavy atom. The number of rotatable bonds is 5. The Bertz CT molecular complexity index is 570. The van der Waals surface area contributed by atoms with E-state index in [9.17, 15) is 0 Å². The van der Waals surface area contributed by atoms with Crippen LogP contribution in [0.25, 0.3) is 0 Å². The lowest BCUT2D eigenvalue weighted by Crippen LogP contribution is -2.33. The zero-order chi connectivity index (χ0) is 14.5. The highest BCUT2D eigenvalue weighted by Crippen LogP contribution is 2.22. The third-order valence-electron chi connectivity index (χ3n) is 2.86. The number of ether oxygens (including phenoxy) is 1. The van der Waals surface area contributed by atoms with Crippen molar-refractivity contribution in [2.24, 2.45) is 5.84 Å². The number of nitrogens with zero attached hydrogens (tertiary/aromatic N) is 1. The molecule has 0 saturated carbocycles. The summed E-state index contributed by atoms with van der Waals surface area (Å²) in [5.74, 6) is 6.53. The fourth-order valence-electron chi connectivity index (χ4n) is 1.70. The largest absolute Gasteiger partial charge is 0.465 e. The van der Waals surface area contributed by atoms with E-state index in [1.165, 1.54) is 5.56 Å². The summed E-state index contributed by atoms with van der Waals surface area (Å²) >= 11 is 0. The van der Waals surface area contributed by atoms with Gasteiger partial charge in [-0.3, -0.25) is 0 Å². The molecule has 0 atom stereocenters. The first-order chi connectivity index (χ1) is 9.56. The fraction of sp³-hybridized carbons (Fsp3) is 0.200. The Labute approximate surface area is 118 Å². The van der Waals surface area contributed by atoms with Gasteiger partial charge >= 0.3 is 0 Å². The van der Waals surface area contributed by atoms with Crippen LogP contribution in [0.15, 0.2) is 42.5 Å². The molecule has 0 spiro atoms. The number of anilines is 2. The molecule has 2 aromatic carbocycles. The van der Waals surface area contributed by atoms with E-state index in [0.717, 1.165) is 16.5 Å². The number of benzene rings is 2. The van der Waals surface area contributed by atoms with Crippen LogP contribution in [0, 0.1) is 13.8 Å². The van der Waals surface area contributed by atoms with Gasteiger partial charge in [0.1, 0.15) is 11.4 Å². The van der Waals surface area contributed by atoms with Gasteiger partial charge in [-0.1, -0.05) is 23.8 Å². The third kappa shape index (κ3) is 3.63. The van der Waals surface area contributed by atoms with E-state index in [1.54, 1.807) is 6.07 Å². The van der Waals surface area contributed by atoms with E-state index in [0.29, 0.717) is 11.4 Å². The van der Waals surface area contributed by atoms with Gasteiger partial charge in [-0.25, -0.2) is 10.7 Å². The van der Waals surface area contributed by atoms with Gasteiger partial charge in [-0.2, -0.15) is 5.17 Å². The van der Waals surface area contributed by atoms with Crippen molar-refractivity contribution >= 4 is 11.4 Å². The fourth-order valence-corrected chi connectivity index (χ4v) is 1.70. The second kappa shape index (κ2) is 6.27. The highest BCUT2D eigenvalue weighted by Gasteiger charge is 2.07. The molecule has 2 rings (SSSR count). The van der Waals surface area contributed by atoms with Crippen molar-refractivity contribution in [2.75, 3.05) is 17.7 Å². The Morgan fingerprint density at radius 3 is 2.35 bits per heavy atom. The number of hydrazine groups is 1. The minimum atomic E-state index is 0.00689. The normalized spacial score (nSPS) is 10.3. The molecule has 5 heteroatoms. The van der Waals surface area contributed by atoms with Gasteiger partial charge in [-0.05, 0) is 43.7 Å². The maximum absolute atomic E-state index is 5.85. The second-order valence-corrected chi connectivity index (χ2v) is 4.59. The van der Waals surface area contributed by atoms with Gasteiger partial charge < -0.3 is 10.5 Å². The van der Waals surface area contributed by atoms with Crippen LogP contribution >= 0.6 is 0 Å². The summed E-state index contributed by atoms with van der Waals surface area (Å²) in [4.78, 5) is 5.31. The first kappa shape index (κ1) is 14.2. The quantitative estimate of drug-likeness (QED) is 0.379. The number of nitrogen functional groups attached to an aromatic ring is 1. The lowest BCUT2D eigenvalue weighted by molar-refractivity contribution is -0.000876. The number of hydrogen-bond acceptors (Lipinski definition) is 5. The molecule has 0 aliphatic carbocycles. The van der Waals surface area contributed by atoms with Crippen molar-refractivity contribution in [2.45, 2.75) is 13.8 Å². The lowest BCUT2D eigenvalue weighted by atomic mass is 10.2. The van der Waals surface area contributed by atoms with Crippen molar-refractivity contribution in [1.29, 1.82) is 0 Å². The SMILES string of the molecule is Cc1ccc(OCON(N)c2cc(C)ccc2N)cc1. The Balaban J connectivity index is 1.90. The summed E-state index contributed by atoms with van der Waals surface area (Å²) < 4.78 is 5.44. The molecular formula is C15H19N3O2. The van der Waals surface area contributed by atoms with E-state index in [4.69, 9.17) is 21.2 Å². The van der Waals surface area contributed by atoms with E-state index in [1.807, 2.05) is 50.2 Å². The summed E-state index contributed by atoms with van der Waals surface area (Å²) in [7, 11) is 0. The maximum atomic E-state index is 5.85. The Kier molecular flexibility index (Phi) is 4.45. The predicted octanol–water partition coefficient (Wildman–Crippen LogP) is 2.53. The van der Waals surface area contributed by atoms with Gasteiger partial charge in [0.2, 0.25) is 6.79 Å². The smallest absolute Gasteiger partial charge is 0.215 e. The standard InChI is InChI=1S/C15H19N3O2/c1-11-3-6-13(7-4-11)19-10-20-18(17)15-9-12(2)5-8-14(15)16/h3-9H,10,16-17H2,1-2H3. The molecule has 4 N–H and O–H groups in total. The molecule has 0 fully saturated rings. The van der Waals surface area contributed by atoms with Crippen molar-refractivity contribution in [3.8, 4) is 5.75 Å². The van der Waals surface area contributed by atoms with Gasteiger partial charge in [0.25, 0.3) is 0 Å². The van der Waals surface area contributed by atoms with Crippen LogP contribution in [0.3, 0.4) is 0 Å². The highest BCUT2D eigenvalue weighted by molar-refractivity contribution is 5.66. The van der Waals surface area contributed by atoms with Gasteiger partial charge in [0.05, 0.1) is 5.69 Å². The molecule has 0 radical (unpaired) electrons. The van der Waals surface area contributed by atoms with Crippen LogP contribution in [-0.4, -0.2) is 6.79 Å². The summed E-state index contributed by atoms with van der Waals surface area (Å²) in [6, 6.07) is 13.2. The Morgan fingerprint density at radius 1 is 1.00 bits per heavy atom. The lowest BCUT2D eigenvalue weighted by Gasteiger charge is -2.20. The molecule has 0 aromatic heterocycles. The van der Waals surface area contributed by atoms with Gasteiger partial charge in [0, 0.05) is 0 Å². The van der Waals surface area contributed by atoms with Crippen molar-refractivity contribution in [3.05, 3.63) is 53.6 Å². The molecule has 0 aliphatic rings. The maximum Gasteiger partial charge on any atom is 0.215 e. The molecule has 0 unspecified atom stereocenters. The van der Waals surface area contributed by atoms with Crippen molar-refractivity contribution in [1.82, 2.24) is 0 Å². The van der Waals surface area contributed by atoms with Gasteiger partial charge in [0.15, 0.2) is 0 Å². The monoisotopic (exact) mass is 273 g/mol. The molecule has 20 heavy (non-hydrogen) atoms. The highest BCUT2D eigenvalue weighted by atomic mass is 16.8. The van der Waals surface area contributed by atoms with Crippen LogP contribution in [0.5, 0.6) is 5.75 Å². The van der Waals surface area contributed by atoms with E-state index >= 15 is 0 Å². The van der Waals surface area contributed by atoms with Crippen molar-refractivity contribution in [3.63, 3.8) is 0 Å². The minimum Gasteiger partial charge on any atom is -0.465 e.